The molecule has 1 saturated heterocycles. The van der Waals surface area contributed by atoms with E-state index < -0.39 is 28.3 Å². The van der Waals surface area contributed by atoms with Crippen molar-refractivity contribution < 1.29 is 36.2 Å². The summed E-state index contributed by atoms with van der Waals surface area (Å²) in [6.07, 6.45) is -4.25. The van der Waals surface area contributed by atoms with Gasteiger partial charge in [-0.1, -0.05) is 24.3 Å². The quantitative estimate of drug-likeness (QED) is 0.679. The topological polar surface area (TPSA) is 87.1 Å². The molecule has 1 N–H and O–H groups in total. The first-order chi connectivity index (χ1) is 15.5. The molecule has 4 rings (SSSR count). The van der Waals surface area contributed by atoms with E-state index in [0.29, 0.717) is 37.2 Å². The van der Waals surface area contributed by atoms with Crippen molar-refractivity contribution in [3.63, 3.8) is 0 Å². The van der Waals surface area contributed by atoms with E-state index in [2.05, 4.69) is 4.74 Å². The molecular weight excluding hydrogens is 461 g/mol. The van der Waals surface area contributed by atoms with Crippen LogP contribution >= 0.6 is 0 Å². The average Bonchev–Trinajstić information content (AvgIpc) is 3.18. The Kier molecular flexibility index (Phi) is 6.39. The second-order valence-electron chi connectivity index (χ2n) is 8.21. The first kappa shape index (κ1) is 23.5. The molecule has 1 atom stereocenters. The van der Waals surface area contributed by atoms with Gasteiger partial charge >= 0.3 is 12.3 Å². The number of nitrogens with zero attached hydrogens (tertiary/aromatic N) is 2. The maximum Gasteiger partial charge on any atom is 0.573 e. The monoisotopic (exact) mass is 484 g/mol. The van der Waals surface area contributed by atoms with E-state index in [-0.39, 0.29) is 30.2 Å². The van der Waals surface area contributed by atoms with Crippen molar-refractivity contribution in [2.75, 3.05) is 26.2 Å². The Morgan fingerprint density at radius 3 is 2.42 bits per heavy atom. The Morgan fingerprint density at radius 2 is 1.76 bits per heavy atom. The summed E-state index contributed by atoms with van der Waals surface area (Å²) in [7, 11) is -3.79. The number of hydrogen-bond donors (Lipinski definition) is 1. The number of carboxylic acids is 1. The summed E-state index contributed by atoms with van der Waals surface area (Å²) >= 11 is 0. The number of rotatable bonds is 6. The second-order valence-corrected chi connectivity index (χ2v) is 10.1. The van der Waals surface area contributed by atoms with Gasteiger partial charge in [0, 0.05) is 32.7 Å². The number of carboxylic acid groups (broad SMARTS) is 1. The molecule has 1 aliphatic heterocycles. The van der Waals surface area contributed by atoms with Crippen LogP contribution in [0, 0.1) is 5.92 Å². The number of hydrogen-bond acceptors (Lipinski definition) is 5. The van der Waals surface area contributed by atoms with Gasteiger partial charge in [0.05, 0.1) is 10.8 Å². The van der Waals surface area contributed by atoms with E-state index in [9.17, 15) is 31.5 Å². The molecule has 0 saturated carbocycles. The molecule has 178 valence electrons. The summed E-state index contributed by atoms with van der Waals surface area (Å²) in [5, 5.41) is 9.32. The molecule has 1 unspecified atom stereocenters. The lowest BCUT2D eigenvalue weighted by Crippen LogP contribution is -2.48. The van der Waals surface area contributed by atoms with Crippen molar-refractivity contribution in [1.82, 2.24) is 9.21 Å². The van der Waals surface area contributed by atoms with E-state index in [1.54, 1.807) is 18.2 Å². The minimum atomic E-state index is -4.76. The molecule has 1 aliphatic carbocycles. The van der Waals surface area contributed by atoms with Crippen LogP contribution in [0.3, 0.4) is 0 Å². The van der Waals surface area contributed by atoms with Crippen molar-refractivity contribution in [2.24, 2.45) is 5.92 Å². The van der Waals surface area contributed by atoms with Gasteiger partial charge in [0.25, 0.3) is 0 Å². The SMILES string of the molecule is O=C(O)C1Cc2cccc(S(=O)(=O)N3CCN(Cc4cccc(OC(F)(F)F)c4)CC3)c2C1. The highest BCUT2D eigenvalue weighted by Gasteiger charge is 2.36. The van der Waals surface area contributed by atoms with Crippen LogP contribution in [0.25, 0.3) is 0 Å². The Bertz CT molecular complexity index is 1140. The summed E-state index contributed by atoms with van der Waals surface area (Å²) in [6.45, 7) is 1.65. The molecule has 0 bridgehead atoms. The van der Waals surface area contributed by atoms with Gasteiger partial charge in [-0.05, 0) is 47.7 Å². The molecule has 0 spiro atoms. The minimum absolute atomic E-state index is 0.161. The van der Waals surface area contributed by atoms with Gasteiger partial charge in [-0.15, -0.1) is 13.2 Å². The van der Waals surface area contributed by atoms with Crippen molar-refractivity contribution in [3.8, 4) is 5.75 Å². The third-order valence-electron chi connectivity index (χ3n) is 5.98. The van der Waals surface area contributed by atoms with Crippen LogP contribution in [0.2, 0.25) is 0 Å². The molecule has 33 heavy (non-hydrogen) atoms. The molecule has 0 amide bonds. The fraction of sp³-hybridized carbons (Fsp3) is 0.409. The van der Waals surface area contributed by atoms with E-state index in [1.807, 2.05) is 4.90 Å². The number of sulfonamides is 1. The van der Waals surface area contributed by atoms with Gasteiger partial charge in [-0.25, -0.2) is 8.42 Å². The fourth-order valence-electron chi connectivity index (χ4n) is 4.40. The zero-order chi connectivity index (χ0) is 23.8. The molecule has 0 radical (unpaired) electrons. The Balaban J connectivity index is 1.41. The molecule has 0 aromatic heterocycles. The lowest BCUT2D eigenvalue weighted by molar-refractivity contribution is -0.274. The second kappa shape index (κ2) is 8.96. The molecule has 7 nitrogen and oxygen atoms in total. The zero-order valence-corrected chi connectivity index (χ0v) is 18.4. The van der Waals surface area contributed by atoms with Gasteiger partial charge in [-0.2, -0.15) is 4.31 Å². The molecule has 2 aromatic carbocycles. The number of carbonyl (C=O) groups is 1. The van der Waals surface area contributed by atoms with Crippen LogP contribution < -0.4 is 4.74 Å². The Hall–Kier alpha value is -2.63. The largest absolute Gasteiger partial charge is 0.573 e. The first-order valence-electron chi connectivity index (χ1n) is 10.4. The summed E-state index contributed by atoms with van der Waals surface area (Å²) in [5.74, 6) is -1.85. The summed E-state index contributed by atoms with van der Waals surface area (Å²) in [6, 6.07) is 10.7. The number of halogens is 3. The van der Waals surface area contributed by atoms with Crippen molar-refractivity contribution in [3.05, 3.63) is 59.2 Å². The maximum absolute atomic E-state index is 13.3. The predicted octanol–water partition coefficient (Wildman–Crippen LogP) is 2.89. The van der Waals surface area contributed by atoms with Gasteiger partial charge in [0.15, 0.2) is 0 Å². The summed E-state index contributed by atoms with van der Waals surface area (Å²) in [4.78, 5) is 13.5. The van der Waals surface area contributed by atoms with Gasteiger partial charge in [-0.3, -0.25) is 9.69 Å². The lowest BCUT2D eigenvalue weighted by atomic mass is 10.1. The highest BCUT2D eigenvalue weighted by Crippen LogP contribution is 2.33. The zero-order valence-electron chi connectivity index (χ0n) is 17.6. The molecule has 1 fully saturated rings. The van der Waals surface area contributed by atoms with Crippen molar-refractivity contribution in [1.29, 1.82) is 0 Å². The number of fused-ring (bicyclic) bond motifs is 1. The van der Waals surface area contributed by atoms with Crippen molar-refractivity contribution in [2.45, 2.75) is 30.6 Å². The first-order valence-corrected chi connectivity index (χ1v) is 11.9. The molecular formula is C22H23F3N2O5S. The fourth-order valence-corrected chi connectivity index (χ4v) is 6.10. The van der Waals surface area contributed by atoms with Crippen LogP contribution in [-0.4, -0.2) is 61.2 Å². The van der Waals surface area contributed by atoms with Gasteiger partial charge in [0.1, 0.15) is 5.75 Å². The lowest BCUT2D eigenvalue weighted by Gasteiger charge is -2.34. The normalized spacial score (nSPS) is 19.9. The van der Waals surface area contributed by atoms with Crippen LogP contribution in [0.5, 0.6) is 5.75 Å². The van der Waals surface area contributed by atoms with Crippen LogP contribution in [0.4, 0.5) is 13.2 Å². The molecule has 2 aromatic rings. The Morgan fingerprint density at radius 1 is 1.06 bits per heavy atom. The van der Waals surface area contributed by atoms with Gasteiger partial charge < -0.3 is 9.84 Å². The number of benzene rings is 2. The average molecular weight is 484 g/mol. The maximum atomic E-state index is 13.3. The molecule has 1 heterocycles. The molecule has 11 heteroatoms. The summed E-state index contributed by atoms with van der Waals surface area (Å²) in [5.41, 5.74) is 1.96. The van der Waals surface area contributed by atoms with Crippen LogP contribution in [-0.2, 0) is 34.2 Å². The van der Waals surface area contributed by atoms with E-state index in [4.69, 9.17) is 0 Å². The third kappa shape index (κ3) is 5.31. The smallest absolute Gasteiger partial charge is 0.481 e. The van der Waals surface area contributed by atoms with Crippen LogP contribution in [0.15, 0.2) is 47.4 Å². The highest BCUT2D eigenvalue weighted by atomic mass is 32.2. The van der Waals surface area contributed by atoms with Crippen LogP contribution in [0.1, 0.15) is 16.7 Å². The van der Waals surface area contributed by atoms with E-state index >= 15 is 0 Å². The highest BCUT2D eigenvalue weighted by molar-refractivity contribution is 7.89. The number of piperazine rings is 1. The number of alkyl halides is 3. The van der Waals surface area contributed by atoms with E-state index in [1.165, 1.54) is 28.6 Å². The third-order valence-corrected chi connectivity index (χ3v) is 7.97. The standard InChI is InChI=1S/C22H23F3N2O5S/c23-22(24,25)32-18-5-1-3-15(11-18)14-26-7-9-27(10-8-26)33(30,31)20-6-2-4-16-12-17(21(28)29)13-19(16)20/h1-6,11,17H,7-10,12-14H2,(H,28,29). The number of ether oxygens (including phenoxy) is 1. The van der Waals surface area contributed by atoms with E-state index in [0.717, 1.165) is 5.56 Å². The van der Waals surface area contributed by atoms with Gasteiger partial charge in [0.2, 0.25) is 10.0 Å². The molecule has 2 aliphatic rings. The minimum Gasteiger partial charge on any atom is -0.481 e. The predicted molar refractivity (Wildman–Crippen MR) is 112 cm³/mol. The Labute approximate surface area is 189 Å². The summed E-state index contributed by atoms with van der Waals surface area (Å²) < 4.78 is 69.3. The number of aliphatic carboxylic acids is 1. The van der Waals surface area contributed by atoms with Crippen molar-refractivity contribution >= 4 is 16.0 Å².